The van der Waals surface area contributed by atoms with E-state index in [9.17, 15) is 18.0 Å². The average molecular weight is 480 g/mol. The standard InChI is InChI=1S/C26H24F3N5O/c27-26(28,29)21-8-5-17(6-9-21)20-7-10-23-32-24(18-1-3-19(4-2-18)25(30)35)22(34(23)15-20)16-33-13-11-31-12-14-33/h1-10,15,31H,11-14,16H2,(H2,30,35). The van der Waals surface area contributed by atoms with Gasteiger partial charge in [0.05, 0.1) is 17.0 Å². The van der Waals surface area contributed by atoms with Crippen LogP contribution in [0.3, 0.4) is 0 Å². The lowest BCUT2D eigenvalue weighted by Gasteiger charge is -2.27. The molecule has 0 aliphatic carbocycles. The zero-order valence-electron chi connectivity index (χ0n) is 18.8. The summed E-state index contributed by atoms with van der Waals surface area (Å²) >= 11 is 0. The topological polar surface area (TPSA) is 75.7 Å². The predicted octanol–water partition coefficient (Wildman–Crippen LogP) is 4.19. The summed E-state index contributed by atoms with van der Waals surface area (Å²) in [7, 11) is 0. The molecule has 0 spiro atoms. The van der Waals surface area contributed by atoms with Gasteiger partial charge in [-0.2, -0.15) is 13.2 Å². The van der Waals surface area contributed by atoms with Crippen molar-refractivity contribution in [1.29, 1.82) is 0 Å². The Morgan fingerprint density at radius 1 is 0.914 bits per heavy atom. The highest BCUT2D eigenvalue weighted by Crippen LogP contribution is 2.32. The van der Waals surface area contributed by atoms with E-state index in [4.69, 9.17) is 10.7 Å². The minimum absolute atomic E-state index is 0.422. The van der Waals surface area contributed by atoms with Gasteiger partial charge in [0.15, 0.2) is 0 Å². The molecule has 1 aliphatic rings. The van der Waals surface area contributed by atoms with Crippen LogP contribution < -0.4 is 11.1 Å². The fourth-order valence-electron chi connectivity index (χ4n) is 4.37. The summed E-state index contributed by atoms with van der Waals surface area (Å²) in [6.45, 7) is 4.25. The molecule has 3 N–H and O–H groups in total. The minimum atomic E-state index is -4.37. The molecule has 3 heterocycles. The number of alkyl halides is 3. The Hall–Kier alpha value is -3.69. The number of benzene rings is 2. The largest absolute Gasteiger partial charge is 0.416 e. The second kappa shape index (κ2) is 9.16. The van der Waals surface area contributed by atoms with Crippen LogP contribution in [0, 0.1) is 0 Å². The van der Waals surface area contributed by atoms with E-state index in [1.165, 1.54) is 12.1 Å². The Kier molecular flexibility index (Phi) is 6.04. The van der Waals surface area contributed by atoms with Crippen molar-refractivity contribution in [3.05, 3.63) is 83.7 Å². The number of piperazine rings is 1. The molecule has 35 heavy (non-hydrogen) atoms. The number of rotatable bonds is 5. The molecule has 4 aromatic rings. The van der Waals surface area contributed by atoms with Crippen LogP contribution in [0.25, 0.3) is 28.0 Å². The first-order chi connectivity index (χ1) is 16.8. The number of hydrogen-bond acceptors (Lipinski definition) is 4. The van der Waals surface area contributed by atoms with Gasteiger partial charge in [-0.15, -0.1) is 0 Å². The van der Waals surface area contributed by atoms with Crippen molar-refractivity contribution >= 4 is 11.6 Å². The lowest BCUT2D eigenvalue weighted by molar-refractivity contribution is -0.137. The molecule has 1 saturated heterocycles. The molecule has 0 unspecified atom stereocenters. The monoisotopic (exact) mass is 479 g/mol. The number of imidazole rings is 1. The summed E-state index contributed by atoms with van der Waals surface area (Å²) in [5.74, 6) is -0.492. The van der Waals surface area contributed by atoms with Crippen LogP contribution >= 0.6 is 0 Å². The second-order valence-corrected chi connectivity index (χ2v) is 8.60. The van der Waals surface area contributed by atoms with E-state index in [0.717, 1.165) is 66.5 Å². The highest BCUT2D eigenvalue weighted by Gasteiger charge is 2.30. The number of carbonyl (C=O) groups is 1. The molecular formula is C26H24F3N5O. The minimum Gasteiger partial charge on any atom is -0.366 e. The predicted molar refractivity (Wildman–Crippen MR) is 128 cm³/mol. The van der Waals surface area contributed by atoms with Gasteiger partial charge in [-0.25, -0.2) is 4.98 Å². The molecule has 1 amide bonds. The van der Waals surface area contributed by atoms with E-state index in [1.54, 1.807) is 12.1 Å². The summed E-state index contributed by atoms with van der Waals surface area (Å²) in [4.78, 5) is 18.7. The smallest absolute Gasteiger partial charge is 0.366 e. The number of hydrogen-bond donors (Lipinski definition) is 2. The molecule has 5 rings (SSSR count). The van der Waals surface area contributed by atoms with E-state index in [1.807, 2.05) is 34.9 Å². The van der Waals surface area contributed by atoms with Crippen molar-refractivity contribution in [2.45, 2.75) is 12.7 Å². The average Bonchev–Trinajstić information content (AvgIpc) is 3.22. The Morgan fingerprint density at radius 3 is 2.17 bits per heavy atom. The van der Waals surface area contributed by atoms with Crippen molar-refractivity contribution < 1.29 is 18.0 Å². The summed E-state index contributed by atoms with van der Waals surface area (Å²) in [5.41, 5.74) is 9.98. The highest BCUT2D eigenvalue weighted by atomic mass is 19.4. The number of fused-ring (bicyclic) bond motifs is 1. The molecule has 0 atom stereocenters. The number of amides is 1. The Morgan fingerprint density at radius 2 is 1.54 bits per heavy atom. The number of pyridine rings is 1. The van der Waals surface area contributed by atoms with Crippen LogP contribution in [0.15, 0.2) is 66.9 Å². The van der Waals surface area contributed by atoms with Crippen molar-refractivity contribution in [2.24, 2.45) is 5.73 Å². The lowest BCUT2D eigenvalue weighted by Crippen LogP contribution is -2.43. The number of halogens is 3. The zero-order chi connectivity index (χ0) is 24.6. The van der Waals surface area contributed by atoms with Crippen LogP contribution in [0.2, 0.25) is 0 Å². The Balaban J connectivity index is 1.58. The third-order valence-corrected chi connectivity index (χ3v) is 6.29. The molecule has 1 fully saturated rings. The van der Waals surface area contributed by atoms with Gasteiger partial charge in [-0.3, -0.25) is 9.69 Å². The van der Waals surface area contributed by atoms with Crippen LogP contribution in [0.4, 0.5) is 13.2 Å². The summed E-state index contributed by atoms with van der Waals surface area (Å²) in [6.07, 6.45) is -2.45. The van der Waals surface area contributed by atoms with Crippen LogP contribution in [-0.4, -0.2) is 46.4 Å². The van der Waals surface area contributed by atoms with Crippen molar-refractivity contribution in [3.63, 3.8) is 0 Å². The number of carbonyl (C=O) groups excluding carboxylic acids is 1. The molecule has 2 aromatic carbocycles. The molecule has 180 valence electrons. The Bertz CT molecular complexity index is 1360. The SMILES string of the molecule is NC(=O)c1ccc(-c2nc3ccc(-c4ccc(C(F)(F)F)cc4)cn3c2CN2CCNCC2)cc1. The maximum atomic E-state index is 13.0. The lowest BCUT2D eigenvalue weighted by atomic mass is 10.1. The molecule has 0 saturated carbocycles. The van der Waals surface area contributed by atoms with E-state index < -0.39 is 17.6 Å². The van der Waals surface area contributed by atoms with Crippen molar-refractivity contribution in [2.75, 3.05) is 26.2 Å². The van der Waals surface area contributed by atoms with E-state index in [-0.39, 0.29) is 0 Å². The van der Waals surface area contributed by atoms with Gasteiger partial charge in [-0.05, 0) is 47.5 Å². The third kappa shape index (κ3) is 4.78. The molecule has 9 heteroatoms. The molecular weight excluding hydrogens is 455 g/mol. The van der Waals surface area contributed by atoms with E-state index >= 15 is 0 Å². The maximum absolute atomic E-state index is 13.0. The second-order valence-electron chi connectivity index (χ2n) is 8.60. The molecule has 0 radical (unpaired) electrons. The first-order valence-electron chi connectivity index (χ1n) is 11.3. The fourth-order valence-corrected chi connectivity index (χ4v) is 4.37. The number of nitrogens with one attached hydrogen (secondary N) is 1. The zero-order valence-corrected chi connectivity index (χ0v) is 18.8. The molecule has 6 nitrogen and oxygen atoms in total. The van der Waals surface area contributed by atoms with Crippen LogP contribution in [0.5, 0.6) is 0 Å². The van der Waals surface area contributed by atoms with Gasteiger partial charge in [0.25, 0.3) is 0 Å². The van der Waals surface area contributed by atoms with Gasteiger partial charge in [0.1, 0.15) is 5.65 Å². The van der Waals surface area contributed by atoms with Gasteiger partial charge >= 0.3 is 6.18 Å². The van der Waals surface area contributed by atoms with E-state index in [2.05, 4.69) is 10.2 Å². The fraction of sp³-hybridized carbons (Fsp3) is 0.231. The maximum Gasteiger partial charge on any atom is 0.416 e. The summed E-state index contributed by atoms with van der Waals surface area (Å²) < 4.78 is 41.0. The first-order valence-corrected chi connectivity index (χ1v) is 11.3. The van der Waals surface area contributed by atoms with Crippen LogP contribution in [0.1, 0.15) is 21.6 Å². The Labute approximate surface area is 200 Å². The normalized spacial score (nSPS) is 14.9. The molecule has 1 aliphatic heterocycles. The third-order valence-electron chi connectivity index (χ3n) is 6.29. The van der Waals surface area contributed by atoms with Gasteiger partial charge in [0.2, 0.25) is 5.91 Å². The van der Waals surface area contributed by atoms with Crippen molar-refractivity contribution in [1.82, 2.24) is 19.6 Å². The molecule has 0 bridgehead atoms. The number of nitrogens with two attached hydrogens (primary N) is 1. The quantitative estimate of drug-likeness (QED) is 0.450. The van der Waals surface area contributed by atoms with Crippen molar-refractivity contribution in [3.8, 4) is 22.4 Å². The molecule has 2 aromatic heterocycles. The number of primary amides is 1. The number of nitrogens with zero attached hydrogens (tertiary/aromatic N) is 3. The van der Waals surface area contributed by atoms with E-state index in [0.29, 0.717) is 17.7 Å². The van der Waals surface area contributed by atoms with Gasteiger partial charge in [-0.1, -0.05) is 24.3 Å². The van der Waals surface area contributed by atoms with Crippen LogP contribution in [-0.2, 0) is 12.7 Å². The first kappa shape index (κ1) is 23.1. The van der Waals surface area contributed by atoms with Gasteiger partial charge < -0.3 is 15.5 Å². The van der Waals surface area contributed by atoms with Gasteiger partial charge in [0, 0.05) is 50.0 Å². The highest BCUT2D eigenvalue weighted by molar-refractivity contribution is 5.93. The summed E-state index contributed by atoms with van der Waals surface area (Å²) in [5, 5.41) is 3.35. The number of aromatic nitrogens is 2. The summed E-state index contributed by atoms with van der Waals surface area (Å²) in [6, 6.07) is 15.9.